The van der Waals surface area contributed by atoms with Gasteiger partial charge in [-0.3, -0.25) is 14.3 Å². The van der Waals surface area contributed by atoms with Crippen LogP contribution in [0.2, 0.25) is 0 Å². The molecule has 11 heteroatoms. The van der Waals surface area contributed by atoms with Crippen LogP contribution in [-0.4, -0.2) is 53.7 Å². The second-order valence-electron chi connectivity index (χ2n) is 7.97. The molecule has 36 heavy (non-hydrogen) atoms. The SMILES string of the molecule is COc1ccc(C(=O)O[C@H]2[C@H](n3cc(C)c(=O)[nH]c3=O)SC[C@H]2OC(=O)c2ccc(OC)cc2)cc1. The lowest BCUT2D eigenvalue weighted by Gasteiger charge is -2.25. The zero-order valence-corrected chi connectivity index (χ0v) is 20.6. The molecule has 3 aromatic rings. The molecule has 1 fully saturated rings. The van der Waals surface area contributed by atoms with Gasteiger partial charge in [-0.25, -0.2) is 14.4 Å². The first kappa shape index (κ1) is 25.1. The predicted octanol–water partition coefficient (Wildman–Crippen LogP) is 2.56. The number of nitrogens with one attached hydrogen (secondary N) is 1. The molecule has 0 amide bonds. The van der Waals surface area contributed by atoms with Gasteiger partial charge in [0, 0.05) is 17.5 Å². The number of esters is 2. The number of rotatable bonds is 7. The number of aromatic amines is 1. The molecule has 188 valence electrons. The molecule has 1 aliphatic heterocycles. The molecule has 4 rings (SSSR count). The van der Waals surface area contributed by atoms with Gasteiger partial charge in [-0.05, 0) is 55.5 Å². The summed E-state index contributed by atoms with van der Waals surface area (Å²) < 4.78 is 23.0. The van der Waals surface area contributed by atoms with Crippen molar-refractivity contribution in [3.05, 3.63) is 92.3 Å². The normalized spacial score (nSPS) is 18.9. The number of aromatic nitrogens is 2. The van der Waals surface area contributed by atoms with Crippen molar-refractivity contribution >= 4 is 23.7 Å². The van der Waals surface area contributed by atoms with Gasteiger partial charge in [0.1, 0.15) is 16.9 Å². The first-order valence-corrected chi connectivity index (χ1v) is 12.0. The van der Waals surface area contributed by atoms with E-state index in [0.29, 0.717) is 22.6 Å². The van der Waals surface area contributed by atoms with Crippen LogP contribution in [0.15, 0.2) is 64.3 Å². The van der Waals surface area contributed by atoms with Crippen molar-refractivity contribution in [2.75, 3.05) is 20.0 Å². The Morgan fingerprint density at radius 1 is 0.889 bits per heavy atom. The molecule has 1 N–H and O–H groups in total. The van der Waals surface area contributed by atoms with Gasteiger partial charge in [-0.1, -0.05) is 0 Å². The number of nitrogens with zero attached hydrogens (tertiary/aromatic N) is 1. The molecule has 0 aliphatic carbocycles. The fourth-order valence-electron chi connectivity index (χ4n) is 3.67. The van der Waals surface area contributed by atoms with Crippen LogP contribution in [-0.2, 0) is 9.47 Å². The third-order valence-electron chi connectivity index (χ3n) is 5.65. The molecule has 1 saturated heterocycles. The van der Waals surface area contributed by atoms with E-state index < -0.39 is 40.8 Å². The van der Waals surface area contributed by atoms with Crippen LogP contribution in [0, 0.1) is 6.92 Å². The highest BCUT2D eigenvalue weighted by molar-refractivity contribution is 7.99. The van der Waals surface area contributed by atoms with Crippen LogP contribution in [0.5, 0.6) is 11.5 Å². The summed E-state index contributed by atoms with van der Waals surface area (Å²) in [4.78, 5) is 52.5. The van der Waals surface area contributed by atoms with Crippen molar-refractivity contribution in [2.45, 2.75) is 24.5 Å². The minimum atomic E-state index is -1.00. The lowest BCUT2D eigenvalue weighted by molar-refractivity contribution is -0.0301. The van der Waals surface area contributed by atoms with Crippen LogP contribution in [0.4, 0.5) is 0 Å². The summed E-state index contributed by atoms with van der Waals surface area (Å²) in [5, 5.41) is -0.732. The van der Waals surface area contributed by atoms with Gasteiger partial charge in [0.25, 0.3) is 5.56 Å². The third kappa shape index (κ3) is 5.30. The smallest absolute Gasteiger partial charge is 0.338 e. The van der Waals surface area contributed by atoms with Crippen molar-refractivity contribution in [1.82, 2.24) is 9.55 Å². The minimum Gasteiger partial charge on any atom is -0.497 e. The summed E-state index contributed by atoms with van der Waals surface area (Å²) in [6, 6.07) is 12.7. The number of carbonyl (C=O) groups excluding carboxylic acids is 2. The summed E-state index contributed by atoms with van der Waals surface area (Å²) in [5.74, 6) is 0.149. The van der Waals surface area contributed by atoms with Crippen molar-refractivity contribution < 1.29 is 28.5 Å². The van der Waals surface area contributed by atoms with E-state index in [1.54, 1.807) is 55.5 Å². The Morgan fingerprint density at radius 2 is 1.42 bits per heavy atom. The van der Waals surface area contributed by atoms with Gasteiger partial charge in [0.15, 0.2) is 12.2 Å². The maximum absolute atomic E-state index is 13.0. The Morgan fingerprint density at radius 3 is 1.94 bits per heavy atom. The Bertz CT molecular complexity index is 1360. The topological polar surface area (TPSA) is 126 Å². The van der Waals surface area contributed by atoms with Gasteiger partial charge in [-0.2, -0.15) is 0 Å². The van der Waals surface area contributed by atoms with Crippen LogP contribution in [0.3, 0.4) is 0 Å². The molecule has 1 aliphatic rings. The zero-order valence-electron chi connectivity index (χ0n) is 19.8. The maximum Gasteiger partial charge on any atom is 0.338 e. The average molecular weight is 513 g/mol. The summed E-state index contributed by atoms with van der Waals surface area (Å²) in [5.41, 5.74) is -0.295. The van der Waals surface area contributed by atoms with Gasteiger partial charge in [0.05, 0.1) is 25.3 Å². The summed E-state index contributed by atoms with van der Waals surface area (Å²) in [6.45, 7) is 1.56. The molecule has 2 aromatic carbocycles. The van der Waals surface area contributed by atoms with Crippen LogP contribution in [0.1, 0.15) is 31.7 Å². The molecule has 0 unspecified atom stereocenters. The van der Waals surface area contributed by atoms with Gasteiger partial charge in [-0.15, -0.1) is 11.8 Å². The van der Waals surface area contributed by atoms with Crippen molar-refractivity contribution in [3.8, 4) is 11.5 Å². The highest BCUT2D eigenvalue weighted by atomic mass is 32.2. The molecule has 3 atom stereocenters. The molecule has 0 radical (unpaired) electrons. The molecule has 1 aromatic heterocycles. The molecule has 0 saturated carbocycles. The lowest BCUT2D eigenvalue weighted by atomic mass is 10.1. The van der Waals surface area contributed by atoms with Crippen LogP contribution >= 0.6 is 11.8 Å². The lowest BCUT2D eigenvalue weighted by Crippen LogP contribution is -2.41. The average Bonchev–Trinajstić information content (AvgIpc) is 3.27. The Balaban J connectivity index is 1.62. The van der Waals surface area contributed by atoms with Gasteiger partial charge in [0.2, 0.25) is 0 Å². The number of H-pyrrole nitrogens is 1. The molecule has 0 bridgehead atoms. The number of ether oxygens (including phenoxy) is 4. The fraction of sp³-hybridized carbons (Fsp3) is 0.280. The number of aryl methyl sites for hydroxylation is 1. The fourth-order valence-corrected chi connectivity index (χ4v) is 5.05. The van der Waals surface area contributed by atoms with Crippen molar-refractivity contribution in [2.24, 2.45) is 0 Å². The standard InChI is InChI=1S/C25H24N2O8S/c1-14-12-27(25(31)26-21(14)28)22-20(35-24(30)16-6-10-18(33-3)11-7-16)19(13-36-22)34-23(29)15-4-8-17(32-2)9-5-15/h4-12,19-20,22H,13H2,1-3H3,(H,26,28,31)/t19-,20-,22-/m1/s1. The van der Waals surface area contributed by atoms with E-state index in [2.05, 4.69) is 4.98 Å². The number of methoxy groups -OCH3 is 2. The molecular formula is C25H24N2O8S. The molecular weight excluding hydrogens is 488 g/mol. The highest BCUT2D eigenvalue weighted by Gasteiger charge is 2.44. The second kappa shape index (κ2) is 10.7. The largest absolute Gasteiger partial charge is 0.497 e. The summed E-state index contributed by atoms with van der Waals surface area (Å²) in [7, 11) is 3.03. The summed E-state index contributed by atoms with van der Waals surface area (Å²) in [6.07, 6.45) is -0.452. The predicted molar refractivity (Wildman–Crippen MR) is 132 cm³/mol. The zero-order chi connectivity index (χ0) is 25.8. The minimum absolute atomic E-state index is 0.261. The van der Waals surface area contributed by atoms with Crippen molar-refractivity contribution in [3.63, 3.8) is 0 Å². The Hall–Kier alpha value is -3.99. The molecule has 0 spiro atoms. The first-order chi connectivity index (χ1) is 17.3. The first-order valence-electron chi connectivity index (χ1n) is 10.9. The van der Waals surface area contributed by atoms with Crippen LogP contribution < -0.4 is 20.7 Å². The number of benzene rings is 2. The van der Waals surface area contributed by atoms with E-state index in [4.69, 9.17) is 18.9 Å². The maximum atomic E-state index is 13.0. The van der Waals surface area contributed by atoms with E-state index in [9.17, 15) is 19.2 Å². The van der Waals surface area contributed by atoms with Crippen LogP contribution in [0.25, 0.3) is 0 Å². The Kier molecular flexibility index (Phi) is 7.49. The molecule has 10 nitrogen and oxygen atoms in total. The quantitative estimate of drug-likeness (QED) is 0.475. The second-order valence-corrected chi connectivity index (χ2v) is 9.12. The molecule has 2 heterocycles. The number of thioether (sulfide) groups is 1. The number of hydrogen-bond acceptors (Lipinski definition) is 9. The third-order valence-corrected chi connectivity index (χ3v) is 7.01. The number of carbonyl (C=O) groups is 2. The van der Waals surface area contributed by atoms with E-state index in [-0.39, 0.29) is 11.3 Å². The highest BCUT2D eigenvalue weighted by Crippen LogP contribution is 2.39. The van der Waals surface area contributed by atoms with E-state index in [1.165, 1.54) is 36.7 Å². The van der Waals surface area contributed by atoms with Gasteiger partial charge >= 0.3 is 17.6 Å². The van der Waals surface area contributed by atoms with Crippen molar-refractivity contribution in [1.29, 1.82) is 0 Å². The number of hydrogen-bond donors (Lipinski definition) is 1. The monoisotopic (exact) mass is 512 g/mol. The van der Waals surface area contributed by atoms with E-state index in [0.717, 1.165) is 0 Å². The van der Waals surface area contributed by atoms with E-state index >= 15 is 0 Å². The Labute approximate surface area is 210 Å². The summed E-state index contributed by atoms with van der Waals surface area (Å²) >= 11 is 1.27. The van der Waals surface area contributed by atoms with Gasteiger partial charge < -0.3 is 18.9 Å². The van der Waals surface area contributed by atoms with E-state index in [1.807, 2.05) is 0 Å².